The molecule has 0 saturated heterocycles. The van der Waals surface area contributed by atoms with Gasteiger partial charge in [0.15, 0.2) is 0 Å². The first kappa shape index (κ1) is 9.15. The SMILES string of the molecule is C=C/C(=C\N=CC)C(C)C. The molecule has 0 spiro atoms. The maximum absolute atomic E-state index is 4.01. The van der Waals surface area contributed by atoms with E-state index in [1.807, 2.05) is 19.2 Å². The molecule has 0 radical (unpaired) electrons. The molecule has 56 valence electrons. The van der Waals surface area contributed by atoms with Gasteiger partial charge in [-0.25, -0.2) is 0 Å². The molecule has 0 aliphatic rings. The van der Waals surface area contributed by atoms with Crippen LogP contribution in [0.5, 0.6) is 0 Å². The van der Waals surface area contributed by atoms with Gasteiger partial charge in [-0.15, -0.1) is 0 Å². The average molecular weight is 137 g/mol. The molecule has 0 N–H and O–H groups in total. The molecular formula is C9H15N. The van der Waals surface area contributed by atoms with Crippen molar-refractivity contribution in [1.82, 2.24) is 0 Å². The smallest absolute Gasteiger partial charge is 0.0298 e. The Morgan fingerprint density at radius 1 is 1.50 bits per heavy atom. The van der Waals surface area contributed by atoms with E-state index in [2.05, 4.69) is 25.4 Å². The van der Waals surface area contributed by atoms with Crippen molar-refractivity contribution in [3.8, 4) is 0 Å². The maximum atomic E-state index is 4.01. The molecule has 0 aromatic heterocycles. The highest BCUT2D eigenvalue weighted by Gasteiger charge is 1.95. The molecule has 0 rings (SSSR count). The van der Waals surface area contributed by atoms with E-state index in [0.29, 0.717) is 5.92 Å². The third-order valence-corrected chi connectivity index (χ3v) is 1.28. The lowest BCUT2D eigenvalue weighted by Gasteiger charge is -2.02. The Kier molecular flexibility index (Phi) is 4.55. The molecule has 0 aliphatic carbocycles. The van der Waals surface area contributed by atoms with Gasteiger partial charge in [-0.1, -0.05) is 26.5 Å². The normalized spacial score (nSPS) is 13.0. The Bertz CT molecular complexity index is 152. The van der Waals surface area contributed by atoms with E-state index in [4.69, 9.17) is 0 Å². The summed E-state index contributed by atoms with van der Waals surface area (Å²) in [4.78, 5) is 4.01. The minimum Gasteiger partial charge on any atom is -0.269 e. The third kappa shape index (κ3) is 3.23. The third-order valence-electron chi connectivity index (χ3n) is 1.28. The van der Waals surface area contributed by atoms with E-state index in [0.717, 1.165) is 0 Å². The van der Waals surface area contributed by atoms with Crippen molar-refractivity contribution >= 4 is 6.21 Å². The van der Waals surface area contributed by atoms with Crippen molar-refractivity contribution in [3.05, 3.63) is 24.4 Å². The second-order valence-corrected chi connectivity index (χ2v) is 2.40. The van der Waals surface area contributed by atoms with Gasteiger partial charge < -0.3 is 0 Å². The van der Waals surface area contributed by atoms with Crippen LogP contribution in [0.4, 0.5) is 0 Å². The highest BCUT2D eigenvalue weighted by Crippen LogP contribution is 2.09. The molecule has 0 aromatic carbocycles. The Morgan fingerprint density at radius 2 is 2.10 bits per heavy atom. The topological polar surface area (TPSA) is 12.4 Å². The van der Waals surface area contributed by atoms with Gasteiger partial charge in [-0.3, -0.25) is 4.99 Å². The molecule has 0 amide bonds. The monoisotopic (exact) mass is 137 g/mol. The Labute approximate surface area is 63.2 Å². The summed E-state index contributed by atoms with van der Waals surface area (Å²) >= 11 is 0. The molecule has 1 nitrogen and oxygen atoms in total. The minimum atomic E-state index is 0.515. The van der Waals surface area contributed by atoms with E-state index in [-0.39, 0.29) is 0 Å². The summed E-state index contributed by atoms with van der Waals surface area (Å²) < 4.78 is 0. The van der Waals surface area contributed by atoms with Gasteiger partial charge in [0, 0.05) is 12.4 Å². The Hall–Kier alpha value is -0.850. The number of hydrogen-bond donors (Lipinski definition) is 0. The molecule has 10 heavy (non-hydrogen) atoms. The fraction of sp³-hybridized carbons (Fsp3) is 0.444. The highest BCUT2D eigenvalue weighted by atomic mass is 14.7. The van der Waals surface area contributed by atoms with Crippen molar-refractivity contribution < 1.29 is 0 Å². The van der Waals surface area contributed by atoms with Crippen molar-refractivity contribution in [2.24, 2.45) is 10.9 Å². The number of aliphatic imine (C=N–C) groups is 1. The standard InChI is InChI=1S/C9H15N/c1-5-9(8(3)4)7-10-6-2/h5-8H,1H2,2-4H3/b9-7+,10-6?. The summed E-state index contributed by atoms with van der Waals surface area (Å²) in [5, 5.41) is 0. The first-order valence-corrected chi connectivity index (χ1v) is 3.52. The van der Waals surface area contributed by atoms with Gasteiger partial charge in [0.1, 0.15) is 0 Å². The fourth-order valence-corrected chi connectivity index (χ4v) is 0.598. The summed E-state index contributed by atoms with van der Waals surface area (Å²) in [6.45, 7) is 9.84. The summed E-state index contributed by atoms with van der Waals surface area (Å²) in [7, 11) is 0. The maximum Gasteiger partial charge on any atom is 0.0298 e. The van der Waals surface area contributed by atoms with Crippen molar-refractivity contribution in [3.63, 3.8) is 0 Å². The molecule has 0 unspecified atom stereocenters. The number of rotatable bonds is 3. The molecule has 0 heterocycles. The minimum absolute atomic E-state index is 0.515. The van der Waals surface area contributed by atoms with Crippen LogP contribution in [0.25, 0.3) is 0 Å². The lowest BCUT2D eigenvalue weighted by Crippen LogP contribution is -1.88. The summed E-state index contributed by atoms with van der Waals surface area (Å²) in [5.41, 5.74) is 1.18. The van der Waals surface area contributed by atoms with Crippen LogP contribution < -0.4 is 0 Å². The van der Waals surface area contributed by atoms with Crippen LogP contribution in [0.2, 0.25) is 0 Å². The van der Waals surface area contributed by atoms with Crippen LogP contribution in [-0.2, 0) is 0 Å². The van der Waals surface area contributed by atoms with Gasteiger partial charge in [0.2, 0.25) is 0 Å². The van der Waals surface area contributed by atoms with Gasteiger partial charge in [-0.2, -0.15) is 0 Å². The van der Waals surface area contributed by atoms with Gasteiger partial charge in [-0.05, 0) is 18.4 Å². The predicted octanol–water partition coefficient (Wildman–Crippen LogP) is 2.80. The largest absolute Gasteiger partial charge is 0.269 e. The lowest BCUT2D eigenvalue weighted by molar-refractivity contribution is 0.789. The molecule has 0 aromatic rings. The highest BCUT2D eigenvalue weighted by molar-refractivity contribution is 5.54. The predicted molar refractivity (Wildman–Crippen MR) is 47.3 cm³/mol. The summed E-state index contributed by atoms with van der Waals surface area (Å²) in [5.74, 6) is 0.515. The number of nitrogens with zero attached hydrogens (tertiary/aromatic N) is 1. The van der Waals surface area contributed by atoms with Gasteiger partial charge in [0.25, 0.3) is 0 Å². The van der Waals surface area contributed by atoms with Crippen LogP contribution in [0, 0.1) is 5.92 Å². The van der Waals surface area contributed by atoms with Gasteiger partial charge >= 0.3 is 0 Å². The van der Waals surface area contributed by atoms with Crippen LogP contribution in [0.1, 0.15) is 20.8 Å². The summed E-state index contributed by atoms with van der Waals surface area (Å²) in [6.07, 6.45) is 5.46. The van der Waals surface area contributed by atoms with Crippen LogP contribution >= 0.6 is 0 Å². The number of allylic oxidation sites excluding steroid dienone is 2. The van der Waals surface area contributed by atoms with E-state index in [1.54, 1.807) is 6.21 Å². The van der Waals surface area contributed by atoms with E-state index >= 15 is 0 Å². The molecular weight excluding hydrogens is 122 g/mol. The second-order valence-electron chi connectivity index (χ2n) is 2.40. The van der Waals surface area contributed by atoms with Crippen LogP contribution in [0.3, 0.4) is 0 Å². The van der Waals surface area contributed by atoms with Crippen LogP contribution in [0.15, 0.2) is 29.4 Å². The van der Waals surface area contributed by atoms with Crippen LogP contribution in [-0.4, -0.2) is 6.21 Å². The Morgan fingerprint density at radius 3 is 2.40 bits per heavy atom. The average Bonchev–Trinajstić information content (AvgIpc) is 1.89. The zero-order valence-electron chi connectivity index (χ0n) is 6.96. The zero-order chi connectivity index (χ0) is 7.98. The van der Waals surface area contributed by atoms with E-state index < -0.39 is 0 Å². The second kappa shape index (κ2) is 4.98. The Balaban J connectivity index is 4.18. The molecule has 0 aliphatic heterocycles. The first-order valence-electron chi connectivity index (χ1n) is 3.52. The quantitative estimate of drug-likeness (QED) is 0.419. The molecule has 0 saturated carbocycles. The molecule has 1 heteroatoms. The molecule has 0 fully saturated rings. The van der Waals surface area contributed by atoms with Crippen molar-refractivity contribution in [2.75, 3.05) is 0 Å². The number of hydrogen-bond acceptors (Lipinski definition) is 1. The summed E-state index contributed by atoms with van der Waals surface area (Å²) in [6, 6.07) is 0. The van der Waals surface area contributed by atoms with E-state index in [9.17, 15) is 0 Å². The first-order chi connectivity index (χ1) is 4.72. The molecule has 0 atom stereocenters. The zero-order valence-corrected chi connectivity index (χ0v) is 6.96. The van der Waals surface area contributed by atoms with E-state index in [1.165, 1.54) is 5.57 Å². The lowest BCUT2D eigenvalue weighted by atomic mass is 10.1. The van der Waals surface area contributed by atoms with Crippen molar-refractivity contribution in [2.45, 2.75) is 20.8 Å². The fourth-order valence-electron chi connectivity index (χ4n) is 0.598. The van der Waals surface area contributed by atoms with Crippen molar-refractivity contribution in [1.29, 1.82) is 0 Å². The van der Waals surface area contributed by atoms with Gasteiger partial charge in [0.05, 0.1) is 0 Å². The molecule has 0 bridgehead atoms.